The van der Waals surface area contributed by atoms with Crippen LogP contribution < -0.4 is 14.8 Å². The maximum atomic E-state index is 12.6. The summed E-state index contributed by atoms with van der Waals surface area (Å²) in [6.45, 7) is 1.58. The Morgan fingerprint density at radius 3 is 2.63 bits per heavy atom. The fraction of sp³-hybridized carbons (Fsp3) is 0.222. The molecule has 0 unspecified atom stereocenters. The summed E-state index contributed by atoms with van der Waals surface area (Å²) in [5.41, 5.74) is 0.425. The molecule has 2 aromatic rings. The Morgan fingerprint density at radius 1 is 1.30 bits per heavy atom. The van der Waals surface area contributed by atoms with Crippen LogP contribution in [0.2, 0.25) is 5.02 Å². The summed E-state index contributed by atoms with van der Waals surface area (Å²) in [6, 6.07) is 11.9. The van der Waals surface area contributed by atoms with Gasteiger partial charge in [0.15, 0.2) is 0 Å². The number of nitriles is 1. The summed E-state index contributed by atoms with van der Waals surface area (Å²) in [4.78, 5) is 12.5. The Bertz CT molecular complexity index is 986. The van der Waals surface area contributed by atoms with E-state index in [0.717, 1.165) is 0 Å². The topological polar surface area (TPSA) is 108 Å². The van der Waals surface area contributed by atoms with Crippen molar-refractivity contribution in [3.63, 3.8) is 0 Å². The van der Waals surface area contributed by atoms with Gasteiger partial charge in [0.05, 0.1) is 40.8 Å². The van der Waals surface area contributed by atoms with Gasteiger partial charge in [-0.25, -0.2) is 13.1 Å². The van der Waals surface area contributed by atoms with Gasteiger partial charge < -0.3 is 10.1 Å². The molecule has 0 spiro atoms. The SMILES string of the molecule is COc1ccc(S(=O)(=O)N[C@@H](C)CC#N)cc1C(=O)Nc1ccccc1Cl. The number of para-hydroxylation sites is 1. The Kier molecular flexibility index (Phi) is 6.80. The second-order valence-corrected chi connectivity index (χ2v) is 7.80. The Balaban J connectivity index is 2.36. The number of amides is 1. The van der Waals surface area contributed by atoms with Crippen LogP contribution >= 0.6 is 11.6 Å². The van der Waals surface area contributed by atoms with Crippen LogP contribution in [0.3, 0.4) is 0 Å². The lowest BCUT2D eigenvalue weighted by Gasteiger charge is -2.14. The molecule has 0 fully saturated rings. The average molecular weight is 408 g/mol. The van der Waals surface area contributed by atoms with Crippen molar-refractivity contribution >= 4 is 33.2 Å². The molecule has 0 aliphatic carbocycles. The molecule has 2 N–H and O–H groups in total. The zero-order valence-electron chi connectivity index (χ0n) is 14.7. The number of halogens is 1. The third-order valence-electron chi connectivity index (χ3n) is 3.60. The number of nitrogens with one attached hydrogen (secondary N) is 2. The zero-order valence-corrected chi connectivity index (χ0v) is 16.3. The van der Waals surface area contributed by atoms with E-state index in [1.165, 1.54) is 25.3 Å². The minimum Gasteiger partial charge on any atom is -0.496 e. The predicted molar refractivity (Wildman–Crippen MR) is 102 cm³/mol. The third kappa shape index (κ3) is 5.20. The number of methoxy groups -OCH3 is 1. The van der Waals surface area contributed by atoms with Crippen LogP contribution in [0.1, 0.15) is 23.7 Å². The summed E-state index contributed by atoms with van der Waals surface area (Å²) in [7, 11) is -2.53. The second kappa shape index (κ2) is 8.86. The number of carbonyl (C=O) groups is 1. The lowest BCUT2D eigenvalue weighted by Crippen LogP contribution is -2.32. The van der Waals surface area contributed by atoms with Crippen molar-refractivity contribution in [3.8, 4) is 11.8 Å². The molecule has 2 rings (SSSR count). The molecule has 0 saturated heterocycles. The molecule has 1 amide bonds. The molecule has 142 valence electrons. The van der Waals surface area contributed by atoms with Gasteiger partial charge in [-0.05, 0) is 37.3 Å². The van der Waals surface area contributed by atoms with Crippen LogP contribution in [0.15, 0.2) is 47.4 Å². The number of sulfonamides is 1. The summed E-state index contributed by atoms with van der Waals surface area (Å²) in [5.74, 6) is -0.356. The highest BCUT2D eigenvalue weighted by Crippen LogP contribution is 2.26. The molecule has 2 aromatic carbocycles. The normalized spacial score (nSPS) is 12.1. The van der Waals surface area contributed by atoms with Crippen LogP contribution in [0.4, 0.5) is 5.69 Å². The molecule has 0 aliphatic heterocycles. The molecule has 0 radical (unpaired) electrons. The highest BCUT2D eigenvalue weighted by Gasteiger charge is 2.22. The number of benzene rings is 2. The van der Waals surface area contributed by atoms with Gasteiger partial charge in [-0.3, -0.25) is 4.79 Å². The lowest BCUT2D eigenvalue weighted by atomic mass is 10.2. The van der Waals surface area contributed by atoms with E-state index in [1.807, 2.05) is 6.07 Å². The van der Waals surface area contributed by atoms with Crippen molar-refractivity contribution in [2.24, 2.45) is 0 Å². The summed E-state index contributed by atoms with van der Waals surface area (Å²) in [6.07, 6.45) is 0.0230. The molecule has 0 heterocycles. The van der Waals surface area contributed by atoms with Crippen LogP contribution in [-0.4, -0.2) is 27.5 Å². The maximum Gasteiger partial charge on any atom is 0.259 e. The van der Waals surface area contributed by atoms with Crippen LogP contribution in [0.25, 0.3) is 0 Å². The highest BCUT2D eigenvalue weighted by atomic mass is 35.5. The molecule has 7 nitrogen and oxygen atoms in total. The van der Waals surface area contributed by atoms with Crippen LogP contribution in [0, 0.1) is 11.3 Å². The summed E-state index contributed by atoms with van der Waals surface area (Å²) >= 11 is 6.04. The van der Waals surface area contributed by atoms with E-state index in [1.54, 1.807) is 31.2 Å². The van der Waals surface area contributed by atoms with Gasteiger partial charge in [0.1, 0.15) is 5.75 Å². The summed E-state index contributed by atoms with van der Waals surface area (Å²) < 4.78 is 32.5. The smallest absolute Gasteiger partial charge is 0.259 e. The fourth-order valence-corrected chi connectivity index (χ4v) is 3.75. The van der Waals surface area contributed by atoms with Crippen molar-refractivity contribution in [1.82, 2.24) is 4.72 Å². The first-order valence-electron chi connectivity index (χ1n) is 7.91. The van der Waals surface area contributed by atoms with Gasteiger partial charge in [0, 0.05) is 6.04 Å². The summed E-state index contributed by atoms with van der Waals surface area (Å²) in [5, 5.41) is 11.7. The molecular weight excluding hydrogens is 390 g/mol. The van der Waals surface area contributed by atoms with Crippen LogP contribution in [0.5, 0.6) is 5.75 Å². The Hall–Kier alpha value is -2.60. The molecule has 27 heavy (non-hydrogen) atoms. The first-order valence-corrected chi connectivity index (χ1v) is 9.78. The number of hydrogen-bond donors (Lipinski definition) is 2. The number of hydrogen-bond acceptors (Lipinski definition) is 5. The van der Waals surface area contributed by atoms with Crippen molar-refractivity contribution in [1.29, 1.82) is 5.26 Å². The Labute approximate surface area is 163 Å². The third-order valence-corrected chi connectivity index (χ3v) is 5.52. The van der Waals surface area contributed by atoms with E-state index in [2.05, 4.69) is 10.0 Å². The number of nitrogens with zero attached hydrogens (tertiary/aromatic N) is 1. The molecular formula is C18H18ClN3O4S. The molecule has 1 atom stereocenters. The van der Waals surface area contributed by atoms with Gasteiger partial charge in [-0.2, -0.15) is 5.26 Å². The van der Waals surface area contributed by atoms with Gasteiger partial charge in [-0.1, -0.05) is 23.7 Å². The molecule has 0 aliphatic rings. The number of rotatable bonds is 7. The molecule has 0 saturated carbocycles. The maximum absolute atomic E-state index is 12.6. The predicted octanol–water partition coefficient (Wildman–Crippen LogP) is 3.18. The minimum absolute atomic E-state index is 0.0230. The van der Waals surface area contributed by atoms with Crippen molar-refractivity contribution < 1.29 is 17.9 Å². The lowest BCUT2D eigenvalue weighted by molar-refractivity contribution is 0.102. The average Bonchev–Trinajstić information content (AvgIpc) is 2.62. The molecule has 9 heteroatoms. The van der Waals surface area contributed by atoms with Gasteiger partial charge >= 0.3 is 0 Å². The first-order chi connectivity index (χ1) is 12.8. The first kappa shape index (κ1) is 20.7. The molecule has 0 aromatic heterocycles. The van der Waals surface area contributed by atoms with E-state index in [-0.39, 0.29) is 22.6 Å². The van der Waals surface area contributed by atoms with Gasteiger partial charge in [-0.15, -0.1) is 0 Å². The largest absolute Gasteiger partial charge is 0.496 e. The highest BCUT2D eigenvalue weighted by molar-refractivity contribution is 7.89. The minimum atomic E-state index is -3.91. The van der Waals surface area contributed by atoms with E-state index in [9.17, 15) is 13.2 Å². The number of anilines is 1. The standard InChI is InChI=1S/C18H18ClN3O4S/c1-12(9-10-20)22-27(24,25)13-7-8-17(26-2)14(11-13)18(23)21-16-6-4-3-5-15(16)19/h3-8,11-12,22H,9H2,1-2H3,(H,21,23)/t12-/m0/s1. The van der Waals surface area contributed by atoms with Crippen molar-refractivity contribution in [3.05, 3.63) is 53.1 Å². The van der Waals surface area contributed by atoms with E-state index in [0.29, 0.717) is 10.7 Å². The fourth-order valence-electron chi connectivity index (χ4n) is 2.30. The van der Waals surface area contributed by atoms with Gasteiger partial charge in [0.2, 0.25) is 10.0 Å². The van der Waals surface area contributed by atoms with E-state index in [4.69, 9.17) is 21.6 Å². The number of ether oxygens (including phenoxy) is 1. The van der Waals surface area contributed by atoms with Crippen molar-refractivity contribution in [2.75, 3.05) is 12.4 Å². The Morgan fingerprint density at radius 2 is 2.00 bits per heavy atom. The zero-order chi connectivity index (χ0) is 20.0. The second-order valence-electron chi connectivity index (χ2n) is 5.68. The van der Waals surface area contributed by atoms with E-state index >= 15 is 0 Å². The van der Waals surface area contributed by atoms with Gasteiger partial charge in [0.25, 0.3) is 5.91 Å². The monoisotopic (exact) mass is 407 g/mol. The van der Waals surface area contributed by atoms with E-state index < -0.39 is 22.0 Å². The van der Waals surface area contributed by atoms with Crippen molar-refractivity contribution in [2.45, 2.75) is 24.3 Å². The van der Waals surface area contributed by atoms with Crippen LogP contribution in [-0.2, 0) is 10.0 Å². The quantitative estimate of drug-likeness (QED) is 0.732. The number of carbonyl (C=O) groups excluding carboxylic acids is 1. The molecule has 0 bridgehead atoms.